The van der Waals surface area contributed by atoms with Crippen LogP contribution in [-0.2, 0) is 0 Å². The molecule has 1 unspecified atom stereocenters. The van der Waals surface area contributed by atoms with Gasteiger partial charge in [-0.3, -0.25) is 0 Å². The van der Waals surface area contributed by atoms with Crippen LogP contribution in [0.4, 0.5) is 0 Å². The molecule has 0 heterocycles. The first-order valence-corrected chi connectivity index (χ1v) is 9.23. The molecule has 0 spiro atoms. The van der Waals surface area contributed by atoms with E-state index in [1.807, 2.05) is 6.07 Å². The molecule has 0 N–H and O–H groups in total. The molecule has 1 rings (SSSR count). The second kappa shape index (κ2) is 5.72. The van der Waals surface area contributed by atoms with Crippen LogP contribution in [0.15, 0.2) is 36.4 Å². The van der Waals surface area contributed by atoms with Gasteiger partial charge in [-0.2, -0.15) is 0 Å². The van der Waals surface area contributed by atoms with Crippen molar-refractivity contribution >= 4 is 14.1 Å². The van der Waals surface area contributed by atoms with E-state index in [4.69, 9.17) is 0 Å². The fourth-order valence-corrected chi connectivity index (χ4v) is 1.86. The van der Waals surface area contributed by atoms with Gasteiger partial charge < -0.3 is 0 Å². The molecular weight excluding hydrogens is 208 g/mol. The third-order valence-electron chi connectivity index (χ3n) is 2.05. The summed E-state index contributed by atoms with van der Waals surface area (Å²) < 4.78 is 0. The molecule has 0 aliphatic carbocycles. The first kappa shape index (κ1) is 12.8. The van der Waals surface area contributed by atoms with Crippen molar-refractivity contribution in [3.8, 4) is 11.5 Å². The van der Waals surface area contributed by atoms with Crippen LogP contribution >= 0.6 is 0 Å². The Balaban J connectivity index is 2.61. The Labute approximate surface area is 100 Å². The maximum Gasteiger partial charge on any atom is 0.129 e. The number of allylic oxidation sites excluding steroid dienone is 1. The lowest BCUT2D eigenvalue weighted by molar-refractivity contribution is 0.987. The highest BCUT2D eigenvalue weighted by Crippen LogP contribution is 2.05. The Bertz CT molecular complexity index is 399. The van der Waals surface area contributed by atoms with E-state index in [1.54, 1.807) is 0 Å². The molecule has 0 bridgehead atoms. The Hall–Kier alpha value is -1.26. The van der Waals surface area contributed by atoms with Crippen molar-refractivity contribution in [3.05, 3.63) is 42.0 Å². The molecule has 1 heteroatoms. The van der Waals surface area contributed by atoms with Gasteiger partial charge in [0.05, 0.1) is 0 Å². The maximum absolute atomic E-state index is 3.40. The van der Waals surface area contributed by atoms with Crippen molar-refractivity contribution < 1.29 is 0 Å². The van der Waals surface area contributed by atoms with Gasteiger partial charge in [-0.1, -0.05) is 62.1 Å². The lowest BCUT2D eigenvalue weighted by atomic mass is 10.1. The standard InChI is InChI=1S/C15H20Si/c1-14(12-13-16(2,3)4)10-11-15-8-6-5-7-9-15/h5-11,14H,1-4H3/b11-10+. The quantitative estimate of drug-likeness (QED) is 0.525. The first-order valence-electron chi connectivity index (χ1n) is 5.73. The van der Waals surface area contributed by atoms with Gasteiger partial charge in [0.15, 0.2) is 0 Å². The molecule has 16 heavy (non-hydrogen) atoms. The highest BCUT2D eigenvalue weighted by Gasteiger charge is 2.07. The molecule has 0 saturated carbocycles. The van der Waals surface area contributed by atoms with E-state index in [0.717, 1.165) is 0 Å². The largest absolute Gasteiger partial charge is 0.131 e. The average molecular weight is 228 g/mol. The number of hydrogen-bond donors (Lipinski definition) is 0. The van der Waals surface area contributed by atoms with Gasteiger partial charge in [-0.15, -0.1) is 11.5 Å². The summed E-state index contributed by atoms with van der Waals surface area (Å²) in [6, 6.07) is 10.4. The van der Waals surface area contributed by atoms with Crippen molar-refractivity contribution in [2.45, 2.75) is 26.6 Å². The van der Waals surface area contributed by atoms with Gasteiger partial charge in [-0.25, -0.2) is 0 Å². The van der Waals surface area contributed by atoms with E-state index in [1.165, 1.54) is 5.56 Å². The Morgan fingerprint density at radius 2 is 1.75 bits per heavy atom. The zero-order chi connectivity index (χ0) is 12.0. The third-order valence-corrected chi connectivity index (χ3v) is 2.95. The zero-order valence-electron chi connectivity index (χ0n) is 10.6. The molecule has 0 amide bonds. The summed E-state index contributed by atoms with van der Waals surface area (Å²) in [5, 5.41) is 0. The average Bonchev–Trinajstić information content (AvgIpc) is 2.24. The summed E-state index contributed by atoms with van der Waals surface area (Å²) in [5.41, 5.74) is 4.64. The van der Waals surface area contributed by atoms with Crippen LogP contribution in [-0.4, -0.2) is 8.07 Å². The highest BCUT2D eigenvalue weighted by atomic mass is 28.3. The second-order valence-electron chi connectivity index (χ2n) is 5.08. The van der Waals surface area contributed by atoms with Crippen molar-refractivity contribution in [1.29, 1.82) is 0 Å². The summed E-state index contributed by atoms with van der Waals surface area (Å²) in [4.78, 5) is 0. The maximum atomic E-state index is 3.40. The summed E-state index contributed by atoms with van der Waals surface area (Å²) in [6.45, 7) is 8.96. The molecule has 0 fully saturated rings. The monoisotopic (exact) mass is 228 g/mol. The summed E-state index contributed by atoms with van der Waals surface area (Å²) in [7, 11) is -1.22. The summed E-state index contributed by atoms with van der Waals surface area (Å²) in [5.74, 6) is 3.66. The van der Waals surface area contributed by atoms with Gasteiger partial charge >= 0.3 is 0 Å². The van der Waals surface area contributed by atoms with E-state index in [0.29, 0.717) is 5.92 Å². The lowest BCUT2D eigenvalue weighted by Crippen LogP contribution is -2.16. The van der Waals surface area contributed by atoms with Gasteiger partial charge in [0, 0.05) is 5.92 Å². The minimum absolute atomic E-state index is 0.340. The predicted octanol–water partition coefficient (Wildman–Crippen LogP) is 4.22. The fourth-order valence-electron chi connectivity index (χ4n) is 1.20. The van der Waals surface area contributed by atoms with Gasteiger partial charge in [0.25, 0.3) is 0 Å². The van der Waals surface area contributed by atoms with Crippen LogP contribution in [0.2, 0.25) is 19.6 Å². The Morgan fingerprint density at radius 3 is 2.31 bits per heavy atom. The minimum Gasteiger partial charge on any atom is -0.131 e. The lowest BCUT2D eigenvalue weighted by Gasteiger charge is -2.04. The van der Waals surface area contributed by atoms with Crippen LogP contribution in [0.3, 0.4) is 0 Å². The number of hydrogen-bond acceptors (Lipinski definition) is 0. The molecule has 1 atom stereocenters. The molecule has 84 valence electrons. The fraction of sp³-hybridized carbons (Fsp3) is 0.333. The van der Waals surface area contributed by atoms with Gasteiger partial charge in [-0.05, 0) is 12.5 Å². The Kier molecular flexibility index (Phi) is 4.58. The molecule has 0 saturated heterocycles. The molecule has 0 aromatic heterocycles. The van der Waals surface area contributed by atoms with Crippen molar-refractivity contribution in [2.24, 2.45) is 5.92 Å². The van der Waals surface area contributed by atoms with Gasteiger partial charge in [0.1, 0.15) is 8.07 Å². The zero-order valence-corrected chi connectivity index (χ0v) is 11.6. The van der Waals surface area contributed by atoms with E-state index in [-0.39, 0.29) is 0 Å². The highest BCUT2D eigenvalue weighted by molar-refractivity contribution is 6.83. The van der Waals surface area contributed by atoms with E-state index in [9.17, 15) is 0 Å². The molecule has 1 aromatic carbocycles. The van der Waals surface area contributed by atoms with Crippen LogP contribution < -0.4 is 0 Å². The SMILES string of the molecule is CC(C#C[Si](C)(C)C)/C=C/c1ccccc1. The molecule has 0 radical (unpaired) electrons. The van der Waals surface area contributed by atoms with E-state index < -0.39 is 8.07 Å². The van der Waals surface area contributed by atoms with Crippen molar-refractivity contribution in [3.63, 3.8) is 0 Å². The smallest absolute Gasteiger partial charge is 0.129 e. The Morgan fingerprint density at radius 1 is 1.12 bits per heavy atom. The summed E-state index contributed by atoms with van der Waals surface area (Å²) >= 11 is 0. The molecule has 0 aliphatic heterocycles. The van der Waals surface area contributed by atoms with Gasteiger partial charge in [0.2, 0.25) is 0 Å². The minimum atomic E-state index is -1.22. The molecule has 0 nitrogen and oxygen atoms in total. The second-order valence-corrected chi connectivity index (χ2v) is 9.83. The van der Waals surface area contributed by atoms with E-state index >= 15 is 0 Å². The van der Waals surface area contributed by atoms with Crippen LogP contribution in [0.1, 0.15) is 12.5 Å². The number of rotatable bonds is 2. The summed E-state index contributed by atoms with van der Waals surface area (Å²) in [6.07, 6.45) is 4.31. The molecule has 1 aromatic rings. The topological polar surface area (TPSA) is 0 Å². The number of benzene rings is 1. The molecule has 0 aliphatic rings. The van der Waals surface area contributed by atoms with Crippen molar-refractivity contribution in [2.75, 3.05) is 0 Å². The van der Waals surface area contributed by atoms with E-state index in [2.05, 4.69) is 74.4 Å². The van der Waals surface area contributed by atoms with Crippen LogP contribution in [0.5, 0.6) is 0 Å². The molecular formula is C15H20Si. The van der Waals surface area contributed by atoms with Crippen molar-refractivity contribution in [1.82, 2.24) is 0 Å². The third kappa shape index (κ3) is 5.58. The normalized spacial score (nSPS) is 13.2. The first-order chi connectivity index (χ1) is 7.47. The van der Waals surface area contributed by atoms with Crippen LogP contribution in [0, 0.1) is 17.4 Å². The van der Waals surface area contributed by atoms with Crippen LogP contribution in [0.25, 0.3) is 6.08 Å². The predicted molar refractivity (Wildman–Crippen MR) is 75.8 cm³/mol.